The summed E-state index contributed by atoms with van der Waals surface area (Å²) in [6, 6.07) is 3.70. The van der Waals surface area contributed by atoms with Crippen molar-refractivity contribution >= 4 is 17.5 Å². The number of hydrogen-bond acceptors (Lipinski definition) is 7. The molecule has 2 aromatic heterocycles. The highest BCUT2D eigenvalue weighted by Crippen LogP contribution is 2.32. The molecule has 0 atom stereocenters. The molecule has 13 heteroatoms. The molecular formula is C22H23F4N7O2. The van der Waals surface area contributed by atoms with Crippen LogP contribution in [-0.2, 0) is 7.05 Å². The summed E-state index contributed by atoms with van der Waals surface area (Å²) in [5.74, 6) is -1.32. The number of halogens is 4. The number of carbonyl (C=O) groups is 1. The minimum absolute atomic E-state index is 0.0285. The molecule has 1 aromatic carbocycles. The Morgan fingerprint density at radius 2 is 1.80 bits per heavy atom. The van der Waals surface area contributed by atoms with E-state index in [1.165, 1.54) is 23.2 Å². The first-order chi connectivity index (χ1) is 16.5. The number of nitrogens with zero attached hydrogens (tertiary/aromatic N) is 6. The fourth-order valence-electron chi connectivity index (χ4n) is 3.62. The Morgan fingerprint density at radius 3 is 2.43 bits per heavy atom. The van der Waals surface area contributed by atoms with E-state index in [0.717, 1.165) is 12.3 Å². The topological polar surface area (TPSA) is 88.4 Å². The molecule has 3 heterocycles. The number of ether oxygens (including phenoxy) is 1. The summed E-state index contributed by atoms with van der Waals surface area (Å²) in [6.07, 6.45) is -2.60. The van der Waals surface area contributed by atoms with Gasteiger partial charge in [-0.15, -0.1) is 13.2 Å². The molecule has 186 valence electrons. The van der Waals surface area contributed by atoms with Crippen LogP contribution < -0.4 is 10.1 Å². The van der Waals surface area contributed by atoms with E-state index in [1.54, 1.807) is 18.5 Å². The van der Waals surface area contributed by atoms with E-state index >= 15 is 0 Å². The van der Waals surface area contributed by atoms with Crippen LogP contribution in [0.1, 0.15) is 16.2 Å². The zero-order valence-corrected chi connectivity index (χ0v) is 19.2. The van der Waals surface area contributed by atoms with Crippen molar-refractivity contribution in [2.75, 3.05) is 38.5 Å². The van der Waals surface area contributed by atoms with Gasteiger partial charge < -0.3 is 24.4 Å². The zero-order valence-electron chi connectivity index (χ0n) is 19.2. The second-order valence-electron chi connectivity index (χ2n) is 8.12. The van der Waals surface area contributed by atoms with Crippen molar-refractivity contribution in [3.05, 3.63) is 47.8 Å². The summed E-state index contributed by atoms with van der Waals surface area (Å²) in [5, 5.41) is 2.75. The molecule has 3 aromatic rings. The molecule has 1 amide bonds. The number of anilines is 2. The van der Waals surface area contributed by atoms with Gasteiger partial charge in [0, 0.05) is 45.0 Å². The molecule has 4 rings (SSSR count). The van der Waals surface area contributed by atoms with Gasteiger partial charge >= 0.3 is 6.36 Å². The largest absolute Gasteiger partial charge is 0.573 e. The van der Waals surface area contributed by atoms with Gasteiger partial charge in [0.15, 0.2) is 5.82 Å². The van der Waals surface area contributed by atoms with Crippen molar-refractivity contribution in [1.29, 1.82) is 0 Å². The van der Waals surface area contributed by atoms with Crippen molar-refractivity contribution < 1.29 is 27.1 Å². The fourth-order valence-corrected chi connectivity index (χ4v) is 3.62. The van der Waals surface area contributed by atoms with E-state index in [4.69, 9.17) is 0 Å². The van der Waals surface area contributed by atoms with Crippen LogP contribution >= 0.6 is 0 Å². The molecule has 0 bridgehead atoms. The summed E-state index contributed by atoms with van der Waals surface area (Å²) in [6.45, 7) is 3.75. The normalized spacial score (nSPS) is 14.8. The Kier molecular flexibility index (Phi) is 6.61. The molecule has 35 heavy (non-hydrogen) atoms. The van der Waals surface area contributed by atoms with Crippen molar-refractivity contribution in [2.45, 2.75) is 13.3 Å². The van der Waals surface area contributed by atoms with Gasteiger partial charge in [0.1, 0.15) is 17.3 Å². The van der Waals surface area contributed by atoms with Crippen molar-refractivity contribution in [3.63, 3.8) is 0 Å². The van der Waals surface area contributed by atoms with Gasteiger partial charge in [-0.3, -0.25) is 4.79 Å². The molecule has 0 unspecified atom stereocenters. The van der Waals surface area contributed by atoms with Gasteiger partial charge in [0.05, 0.1) is 23.7 Å². The highest BCUT2D eigenvalue weighted by atomic mass is 19.4. The Labute approximate surface area is 198 Å². The number of benzene rings is 1. The van der Waals surface area contributed by atoms with Gasteiger partial charge in [-0.25, -0.2) is 19.3 Å². The van der Waals surface area contributed by atoms with Crippen LogP contribution in [0.25, 0.3) is 11.4 Å². The van der Waals surface area contributed by atoms with E-state index in [1.807, 2.05) is 11.9 Å². The maximum absolute atomic E-state index is 14.4. The lowest BCUT2D eigenvalue weighted by Crippen LogP contribution is -2.47. The third-order valence-electron chi connectivity index (χ3n) is 5.69. The molecule has 0 spiro atoms. The Hall–Kier alpha value is -3.74. The number of hydrogen-bond donors (Lipinski definition) is 1. The zero-order chi connectivity index (χ0) is 25.3. The predicted octanol–water partition coefficient (Wildman–Crippen LogP) is 3.35. The van der Waals surface area contributed by atoms with Crippen molar-refractivity contribution in [1.82, 2.24) is 29.3 Å². The van der Waals surface area contributed by atoms with Crippen LogP contribution in [0.15, 0.2) is 30.6 Å². The molecule has 0 radical (unpaired) electrons. The number of aryl methyl sites for hydroxylation is 1. The van der Waals surface area contributed by atoms with Crippen LogP contribution in [0.2, 0.25) is 0 Å². The minimum Gasteiger partial charge on any atom is -0.405 e. The van der Waals surface area contributed by atoms with Gasteiger partial charge in [-0.2, -0.15) is 0 Å². The van der Waals surface area contributed by atoms with Crippen LogP contribution in [0.4, 0.5) is 29.2 Å². The fraction of sp³-hybridized carbons (Fsp3) is 0.364. The maximum Gasteiger partial charge on any atom is 0.573 e. The molecule has 0 saturated carbocycles. The number of amides is 1. The van der Waals surface area contributed by atoms with Crippen molar-refractivity contribution in [2.24, 2.45) is 7.05 Å². The smallest absolute Gasteiger partial charge is 0.405 e. The first kappa shape index (κ1) is 24.4. The van der Waals surface area contributed by atoms with Crippen LogP contribution in [-0.4, -0.2) is 74.8 Å². The summed E-state index contributed by atoms with van der Waals surface area (Å²) >= 11 is 0. The van der Waals surface area contributed by atoms with E-state index in [0.29, 0.717) is 37.7 Å². The third-order valence-corrected chi connectivity index (χ3v) is 5.69. The van der Waals surface area contributed by atoms with E-state index in [2.05, 4.69) is 25.0 Å². The Morgan fingerprint density at radius 1 is 1.09 bits per heavy atom. The number of alkyl halides is 3. The molecule has 1 fully saturated rings. The second-order valence-corrected chi connectivity index (χ2v) is 8.12. The molecule has 1 aliphatic heterocycles. The van der Waals surface area contributed by atoms with Gasteiger partial charge in [0.2, 0.25) is 5.95 Å². The first-order valence-electron chi connectivity index (χ1n) is 10.7. The number of aromatic nitrogens is 4. The van der Waals surface area contributed by atoms with Gasteiger partial charge in [-0.1, -0.05) is 0 Å². The number of imidazole rings is 1. The van der Waals surface area contributed by atoms with Crippen LogP contribution in [0.5, 0.6) is 5.75 Å². The molecule has 1 aliphatic rings. The Balaban J connectivity index is 1.63. The summed E-state index contributed by atoms with van der Waals surface area (Å²) in [7, 11) is 3.60. The molecular weight excluding hydrogens is 470 g/mol. The number of piperazine rings is 1. The summed E-state index contributed by atoms with van der Waals surface area (Å²) in [5.41, 5.74) is 0.278. The quantitative estimate of drug-likeness (QED) is 0.546. The number of rotatable bonds is 5. The van der Waals surface area contributed by atoms with Crippen LogP contribution in [0, 0.1) is 12.7 Å². The SMILES string of the molecule is Cc1ncc(-c2nc(Nc3ccc(C(=O)N4CCN(C)CC4)c(OC(F)(F)F)c3)ncc2F)n1C. The average Bonchev–Trinajstić information content (AvgIpc) is 3.12. The average molecular weight is 493 g/mol. The minimum atomic E-state index is -5.01. The lowest BCUT2D eigenvalue weighted by molar-refractivity contribution is -0.274. The second kappa shape index (κ2) is 9.49. The maximum atomic E-state index is 14.4. The van der Waals surface area contributed by atoms with Gasteiger partial charge in [0.25, 0.3) is 5.91 Å². The standard InChI is InChI=1S/C22H23F4N7O2/c1-13-27-12-17(32(13)3)19-16(23)11-28-21(30-19)29-14-4-5-15(18(10-14)35-22(24,25)26)20(34)33-8-6-31(2)7-9-33/h4-5,10-12H,6-9H2,1-3H3,(H,28,29,30). The van der Waals surface area contributed by atoms with Crippen LogP contribution in [0.3, 0.4) is 0 Å². The molecule has 1 N–H and O–H groups in total. The highest BCUT2D eigenvalue weighted by molar-refractivity contribution is 5.97. The molecule has 0 aliphatic carbocycles. The molecule has 1 saturated heterocycles. The summed E-state index contributed by atoms with van der Waals surface area (Å²) < 4.78 is 59.5. The summed E-state index contributed by atoms with van der Waals surface area (Å²) in [4.78, 5) is 28.6. The molecule has 9 nitrogen and oxygen atoms in total. The number of likely N-dealkylation sites (N-methyl/N-ethyl adjacent to an activating group) is 1. The highest BCUT2D eigenvalue weighted by Gasteiger charge is 2.34. The lowest BCUT2D eigenvalue weighted by Gasteiger charge is -2.32. The van der Waals surface area contributed by atoms with Crippen molar-refractivity contribution in [3.8, 4) is 17.1 Å². The number of nitrogens with one attached hydrogen (secondary N) is 1. The first-order valence-corrected chi connectivity index (χ1v) is 10.7. The van der Waals surface area contributed by atoms with E-state index in [9.17, 15) is 22.4 Å². The third kappa shape index (κ3) is 5.50. The van der Waals surface area contributed by atoms with E-state index in [-0.39, 0.29) is 22.9 Å². The van der Waals surface area contributed by atoms with E-state index < -0.39 is 23.8 Å². The Bertz CT molecular complexity index is 1240. The predicted molar refractivity (Wildman–Crippen MR) is 119 cm³/mol. The monoisotopic (exact) mass is 493 g/mol. The number of carbonyl (C=O) groups excluding carboxylic acids is 1. The van der Waals surface area contributed by atoms with Gasteiger partial charge in [-0.05, 0) is 26.1 Å². The lowest BCUT2D eigenvalue weighted by atomic mass is 10.1.